The van der Waals surface area contributed by atoms with Crippen molar-refractivity contribution in [2.24, 2.45) is 0 Å². The van der Waals surface area contributed by atoms with Gasteiger partial charge in [0.2, 0.25) is 5.91 Å². The van der Waals surface area contributed by atoms with Crippen LogP contribution in [-0.4, -0.2) is 23.9 Å². The highest BCUT2D eigenvalue weighted by molar-refractivity contribution is 5.73. The third-order valence-corrected chi connectivity index (χ3v) is 1.09. The van der Waals surface area contributed by atoms with E-state index in [-0.39, 0.29) is 12.5 Å². The van der Waals surface area contributed by atoms with Crippen molar-refractivity contribution in [2.75, 3.05) is 13.1 Å². The zero-order chi connectivity index (χ0) is 7.28. The lowest BCUT2D eigenvalue weighted by Gasteiger charge is -2.13. The minimum absolute atomic E-state index is 0.0425. The molecule has 9 heavy (non-hydrogen) atoms. The third kappa shape index (κ3) is 2.70. The number of rotatable bonds is 2. The molecule has 0 radical (unpaired) electrons. The number of amides is 1. The Balaban J connectivity index is 3.71. The molecule has 50 valence electrons. The molecule has 0 aliphatic rings. The lowest BCUT2D eigenvalue weighted by atomic mass is 10.5. The summed E-state index contributed by atoms with van der Waals surface area (Å²) in [6.45, 7) is 4.12. The van der Waals surface area contributed by atoms with Crippen molar-refractivity contribution >= 4 is 5.91 Å². The molecule has 0 N–H and O–H groups in total. The molecule has 0 aromatic heterocycles. The van der Waals surface area contributed by atoms with Crippen LogP contribution in [0.1, 0.15) is 13.8 Å². The minimum atomic E-state index is -0.0425. The van der Waals surface area contributed by atoms with Crippen LogP contribution in [0.5, 0.6) is 0 Å². The molecule has 0 rings (SSSR count). The van der Waals surface area contributed by atoms with Gasteiger partial charge < -0.3 is 4.90 Å². The Morgan fingerprint density at radius 1 is 1.78 bits per heavy atom. The molecule has 0 aromatic carbocycles. The van der Waals surface area contributed by atoms with Crippen LogP contribution in [0.4, 0.5) is 0 Å². The Bertz CT molecular complexity index is 136. The van der Waals surface area contributed by atoms with Crippen molar-refractivity contribution in [3.63, 3.8) is 0 Å². The molecule has 0 spiro atoms. The molecular weight excluding hydrogens is 116 g/mol. The highest BCUT2D eigenvalue weighted by Crippen LogP contribution is 1.85. The van der Waals surface area contributed by atoms with E-state index < -0.39 is 0 Å². The average Bonchev–Trinajstić information content (AvgIpc) is 1.82. The predicted molar refractivity (Wildman–Crippen MR) is 33.5 cm³/mol. The molecule has 0 aromatic rings. The van der Waals surface area contributed by atoms with Gasteiger partial charge in [-0.3, -0.25) is 4.79 Å². The molecule has 0 unspecified atom stereocenters. The van der Waals surface area contributed by atoms with Crippen molar-refractivity contribution in [1.82, 2.24) is 4.90 Å². The van der Waals surface area contributed by atoms with Crippen LogP contribution in [0, 0.1) is 11.3 Å². The molecular formula is C6H10N2O. The Morgan fingerprint density at radius 2 is 2.33 bits per heavy atom. The number of nitriles is 1. The zero-order valence-electron chi connectivity index (χ0n) is 5.72. The van der Waals surface area contributed by atoms with E-state index in [0.717, 1.165) is 0 Å². The summed E-state index contributed by atoms with van der Waals surface area (Å²) >= 11 is 0. The number of hydrogen-bond donors (Lipinski definition) is 0. The van der Waals surface area contributed by atoms with Crippen LogP contribution in [0.15, 0.2) is 0 Å². The summed E-state index contributed by atoms with van der Waals surface area (Å²) in [5, 5.41) is 8.17. The fourth-order valence-electron chi connectivity index (χ4n) is 0.531. The average molecular weight is 126 g/mol. The van der Waals surface area contributed by atoms with Gasteiger partial charge in [0.25, 0.3) is 0 Å². The standard InChI is InChI=1S/C6H10N2O/c1-3-8(5-4-7)6(2)9/h3,5H2,1-2H3. The first-order valence-corrected chi connectivity index (χ1v) is 2.84. The molecule has 0 fully saturated rings. The van der Waals surface area contributed by atoms with Crippen molar-refractivity contribution < 1.29 is 4.79 Å². The maximum atomic E-state index is 10.5. The number of nitrogens with zero attached hydrogens (tertiary/aromatic N) is 2. The summed E-state index contributed by atoms with van der Waals surface area (Å²) < 4.78 is 0. The Labute approximate surface area is 54.9 Å². The topological polar surface area (TPSA) is 44.1 Å². The van der Waals surface area contributed by atoms with Gasteiger partial charge in [0.05, 0.1) is 6.07 Å². The maximum absolute atomic E-state index is 10.5. The summed E-state index contributed by atoms with van der Waals surface area (Å²) in [4.78, 5) is 12.0. The van der Waals surface area contributed by atoms with Gasteiger partial charge in [0.1, 0.15) is 6.54 Å². The third-order valence-electron chi connectivity index (χ3n) is 1.09. The molecule has 0 saturated carbocycles. The van der Waals surface area contributed by atoms with Gasteiger partial charge >= 0.3 is 0 Å². The Hall–Kier alpha value is -1.04. The van der Waals surface area contributed by atoms with E-state index in [1.165, 1.54) is 11.8 Å². The van der Waals surface area contributed by atoms with Gasteiger partial charge in [-0.2, -0.15) is 5.26 Å². The Morgan fingerprint density at radius 3 is 2.44 bits per heavy atom. The van der Waals surface area contributed by atoms with E-state index in [9.17, 15) is 4.79 Å². The minimum Gasteiger partial charge on any atom is -0.330 e. The van der Waals surface area contributed by atoms with Gasteiger partial charge in [-0.05, 0) is 6.92 Å². The molecule has 1 amide bonds. The normalized spacial score (nSPS) is 8.11. The molecule has 0 saturated heterocycles. The quantitative estimate of drug-likeness (QED) is 0.502. The zero-order valence-corrected chi connectivity index (χ0v) is 5.72. The van der Waals surface area contributed by atoms with Crippen molar-refractivity contribution in [3.05, 3.63) is 0 Å². The molecule has 3 heteroatoms. The van der Waals surface area contributed by atoms with E-state index in [4.69, 9.17) is 5.26 Å². The first-order chi connectivity index (χ1) is 4.22. The number of hydrogen-bond acceptors (Lipinski definition) is 2. The lowest BCUT2D eigenvalue weighted by molar-refractivity contribution is -0.128. The van der Waals surface area contributed by atoms with Crippen LogP contribution >= 0.6 is 0 Å². The smallest absolute Gasteiger partial charge is 0.220 e. The summed E-state index contributed by atoms with van der Waals surface area (Å²) in [6.07, 6.45) is 0. The second-order valence-corrected chi connectivity index (χ2v) is 1.69. The second-order valence-electron chi connectivity index (χ2n) is 1.69. The molecule has 3 nitrogen and oxygen atoms in total. The first-order valence-electron chi connectivity index (χ1n) is 2.84. The first kappa shape index (κ1) is 7.96. The molecule has 0 atom stereocenters. The summed E-state index contributed by atoms with van der Waals surface area (Å²) in [5.74, 6) is -0.0425. The monoisotopic (exact) mass is 126 g/mol. The van der Waals surface area contributed by atoms with E-state index in [1.807, 2.05) is 13.0 Å². The van der Waals surface area contributed by atoms with Gasteiger partial charge in [-0.1, -0.05) is 0 Å². The van der Waals surface area contributed by atoms with Crippen LogP contribution in [-0.2, 0) is 4.79 Å². The summed E-state index contributed by atoms with van der Waals surface area (Å²) in [5.41, 5.74) is 0. The van der Waals surface area contributed by atoms with Gasteiger partial charge in [0.15, 0.2) is 0 Å². The SMILES string of the molecule is CCN(CC#N)C(C)=O. The molecule has 0 heterocycles. The van der Waals surface area contributed by atoms with Gasteiger partial charge in [-0.25, -0.2) is 0 Å². The van der Waals surface area contributed by atoms with Crippen LogP contribution < -0.4 is 0 Å². The number of carbonyl (C=O) groups is 1. The fourth-order valence-corrected chi connectivity index (χ4v) is 0.531. The summed E-state index contributed by atoms with van der Waals surface area (Å²) in [6, 6.07) is 1.91. The van der Waals surface area contributed by atoms with Crippen LogP contribution in [0.2, 0.25) is 0 Å². The Kier molecular flexibility index (Phi) is 3.45. The van der Waals surface area contributed by atoms with Gasteiger partial charge in [0, 0.05) is 13.5 Å². The molecule has 0 aliphatic heterocycles. The van der Waals surface area contributed by atoms with E-state index >= 15 is 0 Å². The number of carbonyl (C=O) groups excluding carboxylic acids is 1. The molecule has 0 bridgehead atoms. The van der Waals surface area contributed by atoms with Crippen molar-refractivity contribution in [3.8, 4) is 6.07 Å². The van der Waals surface area contributed by atoms with Gasteiger partial charge in [-0.15, -0.1) is 0 Å². The largest absolute Gasteiger partial charge is 0.330 e. The van der Waals surface area contributed by atoms with E-state index in [2.05, 4.69) is 0 Å². The summed E-state index contributed by atoms with van der Waals surface area (Å²) in [7, 11) is 0. The van der Waals surface area contributed by atoms with Crippen LogP contribution in [0.3, 0.4) is 0 Å². The molecule has 0 aliphatic carbocycles. The highest BCUT2D eigenvalue weighted by atomic mass is 16.2. The lowest BCUT2D eigenvalue weighted by Crippen LogP contribution is -2.28. The highest BCUT2D eigenvalue weighted by Gasteiger charge is 2.02. The second kappa shape index (κ2) is 3.90. The predicted octanol–water partition coefficient (Wildman–Crippen LogP) is 0.378. The van der Waals surface area contributed by atoms with E-state index in [0.29, 0.717) is 6.54 Å². The fraction of sp³-hybridized carbons (Fsp3) is 0.667. The van der Waals surface area contributed by atoms with Crippen molar-refractivity contribution in [2.45, 2.75) is 13.8 Å². The van der Waals surface area contributed by atoms with Crippen LogP contribution in [0.25, 0.3) is 0 Å². The maximum Gasteiger partial charge on any atom is 0.220 e. The van der Waals surface area contributed by atoms with Crippen molar-refractivity contribution in [1.29, 1.82) is 5.26 Å². The van der Waals surface area contributed by atoms with E-state index in [1.54, 1.807) is 0 Å².